The van der Waals surface area contributed by atoms with Gasteiger partial charge in [0.15, 0.2) is 0 Å². The van der Waals surface area contributed by atoms with E-state index >= 15 is 0 Å². The SMILES string of the molecule is OC1(c2ccc(Cl)c(C(F)(F)F)c2)CCN(c2nc(N3CCSCC3)c3ccccc3n2)CC1. The molecule has 2 aliphatic rings. The summed E-state index contributed by atoms with van der Waals surface area (Å²) in [6.45, 7) is 2.69. The van der Waals surface area contributed by atoms with Crippen LogP contribution in [0.5, 0.6) is 0 Å². The second kappa shape index (κ2) is 9.09. The van der Waals surface area contributed by atoms with Crippen molar-refractivity contribution in [3.8, 4) is 0 Å². The van der Waals surface area contributed by atoms with Gasteiger partial charge in [-0.1, -0.05) is 29.8 Å². The average molecular weight is 509 g/mol. The van der Waals surface area contributed by atoms with Crippen molar-refractivity contribution in [3.05, 3.63) is 58.6 Å². The van der Waals surface area contributed by atoms with Gasteiger partial charge in [-0.2, -0.15) is 29.9 Å². The van der Waals surface area contributed by atoms with Gasteiger partial charge >= 0.3 is 6.18 Å². The lowest BCUT2D eigenvalue weighted by atomic mass is 9.84. The maximum absolute atomic E-state index is 13.3. The summed E-state index contributed by atoms with van der Waals surface area (Å²) in [6, 6.07) is 11.6. The van der Waals surface area contributed by atoms with Gasteiger partial charge in [0, 0.05) is 43.1 Å². The number of thioether (sulfide) groups is 1. The molecule has 2 aliphatic heterocycles. The second-order valence-electron chi connectivity index (χ2n) is 8.67. The Morgan fingerprint density at radius 2 is 1.65 bits per heavy atom. The number of fused-ring (bicyclic) bond motifs is 1. The molecule has 34 heavy (non-hydrogen) atoms. The third-order valence-corrected chi connectivity index (χ3v) is 7.84. The quantitative estimate of drug-likeness (QED) is 0.515. The zero-order chi connectivity index (χ0) is 23.9. The van der Waals surface area contributed by atoms with E-state index in [4.69, 9.17) is 21.6 Å². The predicted octanol–water partition coefficient (Wildman–Crippen LogP) is 5.34. The van der Waals surface area contributed by atoms with Crippen molar-refractivity contribution >= 4 is 46.0 Å². The van der Waals surface area contributed by atoms with E-state index in [0.29, 0.717) is 19.0 Å². The van der Waals surface area contributed by atoms with E-state index in [9.17, 15) is 18.3 Å². The first-order chi connectivity index (χ1) is 16.2. The highest BCUT2D eigenvalue weighted by Crippen LogP contribution is 2.40. The number of rotatable bonds is 3. The smallest absolute Gasteiger partial charge is 0.385 e. The Morgan fingerprint density at radius 1 is 0.941 bits per heavy atom. The summed E-state index contributed by atoms with van der Waals surface area (Å²) in [5, 5.41) is 11.9. The molecule has 2 aromatic carbocycles. The van der Waals surface area contributed by atoms with Gasteiger partial charge in [0.05, 0.1) is 21.7 Å². The van der Waals surface area contributed by atoms with Gasteiger partial charge < -0.3 is 14.9 Å². The lowest BCUT2D eigenvalue weighted by Crippen LogP contribution is -2.43. The van der Waals surface area contributed by atoms with Crippen molar-refractivity contribution in [2.24, 2.45) is 0 Å². The van der Waals surface area contributed by atoms with Crippen molar-refractivity contribution in [1.29, 1.82) is 0 Å². The van der Waals surface area contributed by atoms with E-state index in [0.717, 1.165) is 47.4 Å². The highest BCUT2D eigenvalue weighted by Gasteiger charge is 2.39. The van der Waals surface area contributed by atoms with Crippen LogP contribution in [0.25, 0.3) is 10.9 Å². The molecule has 0 saturated carbocycles. The van der Waals surface area contributed by atoms with Crippen molar-refractivity contribution in [3.63, 3.8) is 0 Å². The minimum absolute atomic E-state index is 0.231. The molecule has 0 amide bonds. The van der Waals surface area contributed by atoms with Gasteiger partial charge in [0.25, 0.3) is 0 Å². The van der Waals surface area contributed by atoms with Gasteiger partial charge in [-0.3, -0.25) is 0 Å². The van der Waals surface area contributed by atoms with Crippen LogP contribution in [0.3, 0.4) is 0 Å². The Kier molecular flexibility index (Phi) is 6.29. The van der Waals surface area contributed by atoms with Crippen LogP contribution in [0.2, 0.25) is 5.02 Å². The molecule has 0 radical (unpaired) electrons. The molecular formula is C24H24ClF3N4OS. The first-order valence-electron chi connectivity index (χ1n) is 11.2. The molecule has 0 spiro atoms. The summed E-state index contributed by atoms with van der Waals surface area (Å²) in [5.41, 5.74) is -1.21. The number of hydrogen-bond donors (Lipinski definition) is 1. The Bertz CT molecular complexity index is 1190. The van der Waals surface area contributed by atoms with Gasteiger partial charge in [0.2, 0.25) is 5.95 Å². The summed E-state index contributed by atoms with van der Waals surface area (Å²) in [6.07, 6.45) is -4.05. The molecule has 1 aromatic heterocycles. The summed E-state index contributed by atoms with van der Waals surface area (Å²) in [5.74, 6) is 3.59. The molecule has 5 rings (SSSR count). The number of alkyl halides is 3. The minimum atomic E-state index is -4.58. The first kappa shape index (κ1) is 23.5. The van der Waals surface area contributed by atoms with Crippen LogP contribution in [-0.2, 0) is 11.8 Å². The fourth-order valence-corrected chi connectivity index (χ4v) is 5.73. The zero-order valence-corrected chi connectivity index (χ0v) is 19.9. The number of benzene rings is 2. The van der Waals surface area contributed by atoms with Crippen molar-refractivity contribution in [2.45, 2.75) is 24.6 Å². The third kappa shape index (κ3) is 4.53. The highest BCUT2D eigenvalue weighted by atomic mass is 35.5. The number of piperidine rings is 1. The summed E-state index contributed by atoms with van der Waals surface area (Å²) < 4.78 is 40.0. The fourth-order valence-electron chi connectivity index (χ4n) is 4.60. The van der Waals surface area contributed by atoms with E-state index in [-0.39, 0.29) is 23.4 Å². The largest absolute Gasteiger partial charge is 0.417 e. The highest BCUT2D eigenvalue weighted by molar-refractivity contribution is 7.99. The topological polar surface area (TPSA) is 52.5 Å². The standard InChI is InChI=1S/C24H24ClF3N4OS/c25-19-6-5-16(15-18(19)24(26,27)28)23(33)7-9-32(10-8-23)22-29-20-4-2-1-3-17(20)21(30-22)31-11-13-34-14-12-31/h1-6,15,33H,7-14H2. The van der Waals surface area contributed by atoms with Crippen LogP contribution in [0.15, 0.2) is 42.5 Å². The van der Waals surface area contributed by atoms with Crippen LogP contribution in [0.1, 0.15) is 24.0 Å². The Labute approximate surface area is 204 Å². The Morgan fingerprint density at radius 3 is 2.35 bits per heavy atom. The Balaban J connectivity index is 1.41. The lowest BCUT2D eigenvalue weighted by Gasteiger charge is -2.39. The normalized spacial score (nSPS) is 19.0. The minimum Gasteiger partial charge on any atom is -0.385 e. The third-order valence-electron chi connectivity index (χ3n) is 6.56. The molecule has 10 heteroatoms. The number of nitrogens with zero attached hydrogens (tertiary/aromatic N) is 4. The summed E-state index contributed by atoms with van der Waals surface area (Å²) >= 11 is 7.69. The summed E-state index contributed by atoms with van der Waals surface area (Å²) in [7, 11) is 0. The molecule has 2 saturated heterocycles. The van der Waals surface area contributed by atoms with Crippen molar-refractivity contribution in [2.75, 3.05) is 47.5 Å². The van der Waals surface area contributed by atoms with Gasteiger partial charge in [-0.25, -0.2) is 4.98 Å². The van der Waals surface area contributed by atoms with E-state index in [1.807, 2.05) is 40.9 Å². The maximum atomic E-state index is 13.3. The molecule has 0 bridgehead atoms. The van der Waals surface area contributed by atoms with E-state index < -0.39 is 17.3 Å². The van der Waals surface area contributed by atoms with Gasteiger partial charge in [-0.05, 0) is 42.7 Å². The second-order valence-corrected chi connectivity index (χ2v) is 10.3. The van der Waals surface area contributed by atoms with Gasteiger partial charge in [0.1, 0.15) is 5.82 Å². The van der Waals surface area contributed by atoms with E-state index in [2.05, 4.69) is 4.90 Å². The molecule has 0 unspecified atom stereocenters. The first-order valence-corrected chi connectivity index (χ1v) is 12.7. The van der Waals surface area contributed by atoms with Crippen LogP contribution >= 0.6 is 23.4 Å². The van der Waals surface area contributed by atoms with Gasteiger partial charge in [-0.15, -0.1) is 0 Å². The number of aromatic nitrogens is 2. The molecule has 1 N–H and O–H groups in total. The fraction of sp³-hybridized carbons (Fsp3) is 0.417. The van der Waals surface area contributed by atoms with Crippen LogP contribution in [0, 0.1) is 0 Å². The molecule has 180 valence electrons. The van der Waals surface area contributed by atoms with Crippen LogP contribution < -0.4 is 9.80 Å². The van der Waals surface area contributed by atoms with E-state index in [1.165, 1.54) is 12.1 Å². The molecule has 5 nitrogen and oxygen atoms in total. The van der Waals surface area contributed by atoms with Crippen molar-refractivity contribution < 1.29 is 18.3 Å². The average Bonchev–Trinajstić information content (AvgIpc) is 2.84. The molecule has 3 heterocycles. The number of para-hydroxylation sites is 1. The van der Waals surface area contributed by atoms with E-state index in [1.54, 1.807) is 0 Å². The number of anilines is 2. The number of aliphatic hydroxyl groups is 1. The molecule has 2 fully saturated rings. The van der Waals surface area contributed by atoms with Crippen LogP contribution in [0.4, 0.5) is 24.9 Å². The predicted molar refractivity (Wildman–Crippen MR) is 131 cm³/mol. The molecule has 0 atom stereocenters. The zero-order valence-electron chi connectivity index (χ0n) is 18.4. The maximum Gasteiger partial charge on any atom is 0.417 e. The molecular weight excluding hydrogens is 485 g/mol. The van der Waals surface area contributed by atoms with Crippen LogP contribution in [-0.4, -0.2) is 52.8 Å². The molecule has 3 aromatic rings. The monoisotopic (exact) mass is 508 g/mol. The van der Waals surface area contributed by atoms with Crippen molar-refractivity contribution in [1.82, 2.24) is 9.97 Å². The summed E-state index contributed by atoms with van der Waals surface area (Å²) in [4.78, 5) is 14.0. The number of halogens is 4. The lowest BCUT2D eigenvalue weighted by molar-refractivity contribution is -0.137. The molecule has 0 aliphatic carbocycles. The Hall–Kier alpha value is -2.23. The number of hydrogen-bond acceptors (Lipinski definition) is 6.